The average molecular weight is 353 g/mol. The van der Waals surface area contributed by atoms with E-state index in [2.05, 4.69) is 25.9 Å². The van der Waals surface area contributed by atoms with E-state index in [-0.39, 0.29) is 16.1 Å². The van der Waals surface area contributed by atoms with Gasteiger partial charge in [0.15, 0.2) is 23.2 Å². The molecule has 2 aromatic rings. The molecule has 0 amide bonds. The second-order valence-corrected chi connectivity index (χ2v) is 5.70. The summed E-state index contributed by atoms with van der Waals surface area (Å²) in [5, 5.41) is 0. The van der Waals surface area contributed by atoms with E-state index in [0.717, 1.165) is 18.9 Å². The maximum atomic E-state index is 13.6. The van der Waals surface area contributed by atoms with Gasteiger partial charge in [-0.15, -0.1) is 0 Å². The molecule has 0 bridgehead atoms. The highest BCUT2D eigenvalue weighted by atomic mass is 79.9. The molecule has 0 radical (unpaired) electrons. The predicted molar refractivity (Wildman–Crippen MR) is 77.0 cm³/mol. The number of ketones is 1. The molecule has 0 saturated heterocycles. The van der Waals surface area contributed by atoms with Crippen molar-refractivity contribution in [3.05, 3.63) is 45.7 Å². The number of aryl methyl sites for hydroxylation is 1. The Morgan fingerprint density at radius 3 is 2.67 bits per heavy atom. The Labute approximate surface area is 128 Å². The number of fused-ring (bicyclic) bond motifs is 1. The summed E-state index contributed by atoms with van der Waals surface area (Å²) in [5.41, 5.74) is 1.59. The van der Waals surface area contributed by atoms with Gasteiger partial charge in [0, 0.05) is 18.2 Å². The van der Waals surface area contributed by atoms with Gasteiger partial charge in [0.1, 0.15) is 0 Å². The molecule has 0 N–H and O–H groups in total. The van der Waals surface area contributed by atoms with Crippen LogP contribution in [0.1, 0.15) is 35.3 Å². The van der Waals surface area contributed by atoms with Crippen LogP contribution >= 0.6 is 15.9 Å². The zero-order valence-corrected chi connectivity index (χ0v) is 12.6. The number of hydrogen-bond donors (Lipinski definition) is 0. The molecule has 1 aliphatic carbocycles. The van der Waals surface area contributed by atoms with Gasteiger partial charge in [0.2, 0.25) is 0 Å². The summed E-state index contributed by atoms with van der Waals surface area (Å²) in [7, 11) is 0. The van der Waals surface area contributed by atoms with E-state index in [4.69, 9.17) is 0 Å². The van der Waals surface area contributed by atoms with Crippen LogP contribution in [0.3, 0.4) is 0 Å². The normalized spacial score (nSPS) is 14.7. The molecule has 0 saturated carbocycles. The minimum atomic E-state index is -0.970. The van der Waals surface area contributed by atoms with Crippen LogP contribution in [0.4, 0.5) is 8.78 Å². The summed E-state index contributed by atoms with van der Waals surface area (Å²) in [6.07, 6.45) is 4.40. The van der Waals surface area contributed by atoms with Crippen molar-refractivity contribution in [3.63, 3.8) is 0 Å². The van der Waals surface area contributed by atoms with Gasteiger partial charge in [-0.25, -0.2) is 18.7 Å². The van der Waals surface area contributed by atoms with Gasteiger partial charge in [-0.3, -0.25) is 4.79 Å². The molecular weight excluding hydrogens is 342 g/mol. The number of benzene rings is 1. The zero-order chi connectivity index (χ0) is 15.0. The van der Waals surface area contributed by atoms with Gasteiger partial charge in [-0.05, 0) is 47.3 Å². The van der Waals surface area contributed by atoms with Crippen LogP contribution in [0.5, 0.6) is 0 Å². The smallest absolute Gasteiger partial charge is 0.173 e. The fourth-order valence-electron chi connectivity index (χ4n) is 2.38. The SMILES string of the molecule is O=C1CCCCc2nc(-c3ccc(F)c(F)c3Br)ncc21. The number of nitrogens with zero attached hydrogens (tertiary/aromatic N) is 2. The first-order chi connectivity index (χ1) is 10.1. The van der Waals surface area contributed by atoms with Crippen molar-refractivity contribution in [2.45, 2.75) is 25.7 Å². The third-order valence-electron chi connectivity index (χ3n) is 3.51. The van der Waals surface area contributed by atoms with E-state index in [1.807, 2.05) is 0 Å². The van der Waals surface area contributed by atoms with Crippen molar-refractivity contribution in [2.75, 3.05) is 0 Å². The quantitative estimate of drug-likeness (QED) is 0.573. The zero-order valence-electron chi connectivity index (χ0n) is 11.0. The summed E-state index contributed by atoms with van der Waals surface area (Å²) in [4.78, 5) is 20.4. The number of carbonyl (C=O) groups is 1. The van der Waals surface area contributed by atoms with E-state index < -0.39 is 11.6 Å². The van der Waals surface area contributed by atoms with Crippen LogP contribution in [0.25, 0.3) is 11.4 Å². The third kappa shape index (κ3) is 2.60. The molecule has 0 fully saturated rings. The maximum absolute atomic E-state index is 13.6. The monoisotopic (exact) mass is 352 g/mol. The summed E-state index contributed by atoms with van der Waals surface area (Å²) in [6, 6.07) is 2.46. The Balaban J connectivity index is 2.11. The first-order valence-electron chi connectivity index (χ1n) is 6.61. The highest BCUT2D eigenvalue weighted by Crippen LogP contribution is 2.30. The molecule has 6 heteroatoms. The summed E-state index contributed by atoms with van der Waals surface area (Å²) in [6.45, 7) is 0. The fraction of sp³-hybridized carbons (Fsp3) is 0.267. The summed E-state index contributed by atoms with van der Waals surface area (Å²) < 4.78 is 26.8. The Morgan fingerprint density at radius 1 is 1.10 bits per heavy atom. The Hall–Kier alpha value is -1.69. The van der Waals surface area contributed by atoms with Crippen molar-refractivity contribution in [2.24, 2.45) is 0 Å². The van der Waals surface area contributed by atoms with Crippen molar-refractivity contribution < 1.29 is 13.6 Å². The second-order valence-electron chi connectivity index (χ2n) is 4.91. The van der Waals surface area contributed by atoms with E-state index >= 15 is 0 Å². The lowest BCUT2D eigenvalue weighted by atomic mass is 10.1. The van der Waals surface area contributed by atoms with Gasteiger partial charge in [-0.1, -0.05) is 0 Å². The highest BCUT2D eigenvalue weighted by molar-refractivity contribution is 9.10. The van der Waals surface area contributed by atoms with Gasteiger partial charge < -0.3 is 0 Å². The largest absolute Gasteiger partial charge is 0.294 e. The molecule has 0 spiro atoms. The van der Waals surface area contributed by atoms with Crippen molar-refractivity contribution in [1.82, 2.24) is 9.97 Å². The molecule has 0 aliphatic heterocycles. The summed E-state index contributed by atoms with van der Waals surface area (Å²) in [5.74, 6) is -1.58. The molecule has 3 rings (SSSR count). The van der Waals surface area contributed by atoms with Crippen LogP contribution in [0, 0.1) is 11.6 Å². The van der Waals surface area contributed by atoms with Gasteiger partial charge in [0.25, 0.3) is 0 Å². The van der Waals surface area contributed by atoms with Crippen molar-refractivity contribution >= 4 is 21.7 Å². The van der Waals surface area contributed by atoms with Gasteiger partial charge >= 0.3 is 0 Å². The molecule has 1 aliphatic rings. The van der Waals surface area contributed by atoms with Gasteiger partial charge in [-0.2, -0.15) is 0 Å². The topological polar surface area (TPSA) is 42.9 Å². The summed E-state index contributed by atoms with van der Waals surface area (Å²) >= 11 is 3.03. The minimum absolute atomic E-state index is 0.0117. The maximum Gasteiger partial charge on any atom is 0.173 e. The molecule has 0 atom stereocenters. The lowest BCUT2D eigenvalue weighted by Crippen LogP contribution is -2.05. The lowest BCUT2D eigenvalue weighted by molar-refractivity contribution is 0.0981. The number of Topliss-reactive ketones (excluding diaryl/α,β-unsaturated/α-hetero) is 1. The molecule has 1 aromatic heterocycles. The third-order valence-corrected chi connectivity index (χ3v) is 4.29. The standard InChI is InChI=1S/C15H11BrF2N2O/c16-13-8(5-6-10(17)14(13)18)15-19-7-9-11(20-15)3-1-2-4-12(9)21/h5-7H,1-4H2. The van der Waals surface area contributed by atoms with E-state index in [9.17, 15) is 13.6 Å². The van der Waals surface area contributed by atoms with E-state index in [0.29, 0.717) is 29.7 Å². The number of rotatable bonds is 1. The van der Waals surface area contributed by atoms with Gasteiger partial charge in [0.05, 0.1) is 15.7 Å². The lowest BCUT2D eigenvalue weighted by Gasteiger charge is -2.08. The van der Waals surface area contributed by atoms with Crippen LogP contribution in [0.2, 0.25) is 0 Å². The minimum Gasteiger partial charge on any atom is -0.294 e. The molecule has 0 unspecified atom stereocenters. The molecular formula is C15H11BrF2N2O. The van der Waals surface area contributed by atoms with Crippen molar-refractivity contribution in [3.8, 4) is 11.4 Å². The molecule has 3 nitrogen and oxygen atoms in total. The number of aromatic nitrogens is 2. The highest BCUT2D eigenvalue weighted by Gasteiger charge is 2.20. The van der Waals surface area contributed by atoms with Crippen molar-refractivity contribution in [1.29, 1.82) is 0 Å². The van der Waals surface area contributed by atoms with E-state index in [1.54, 1.807) is 0 Å². The number of carbonyl (C=O) groups excluding carboxylic acids is 1. The molecule has 108 valence electrons. The first kappa shape index (κ1) is 14.3. The van der Waals surface area contributed by atoms with Crippen LogP contribution in [0.15, 0.2) is 22.8 Å². The molecule has 1 aromatic carbocycles. The van der Waals surface area contributed by atoms with Crippen LogP contribution in [-0.2, 0) is 6.42 Å². The van der Waals surface area contributed by atoms with E-state index in [1.165, 1.54) is 12.3 Å². The predicted octanol–water partition coefficient (Wildman–Crippen LogP) is 4.09. The number of halogens is 3. The van der Waals surface area contributed by atoms with Crippen LogP contribution in [-0.4, -0.2) is 15.8 Å². The second kappa shape index (κ2) is 5.60. The Bertz CT molecular complexity index is 734. The van der Waals surface area contributed by atoms with Crippen LogP contribution < -0.4 is 0 Å². The molecule has 1 heterocycles. The Kier molecular flexibility index (Phi) is 3.80. The Morgan fingerprint density at radius 2 is 1.86 bits per heavy atom. The number of hydrogen-bond acceptors (Lipinski definition) is 3. The molecule has 21 heavy (non-hydrogen) atoms. The first-order valence-corrected chi connectivity index (χ1v) is 7.40. The fourth-order valence-corrected chi connectivity index (χ4v) is 2.88. The average Bonchev–Trinajstić information content (AvgIpc) is 2.66.